The number of thioether (sulfide) groups is 1. The van der Waals surface area contributed by atoms with Gasteiger partial charge in [0.2, 0.25) is 0 Å². The van der Waals surface area contributed by atoms with Crippen molar-refractivity contribution in [2.24, 2.45) is 14.1 Å². The zero-order valence-corrected chi connectivity index (χ0v) is 22.2. The molecule has 0 bridgehead atoms. The third-order valence-corrected chi connectivity index (χ3v) is 7.01. The Morgan fingerprint density at radius 1 is 1.08 bits per heavy atom. The molecule has 1 atom stereocenters. The monoisotopic (exact) mass is 520 g/mol. The van der Waals surface area contributed by atoms with Crippen molar-refractivity contribution in [3.63, 3.8) is 0 Å². The maximum absolute atomic E-state index is 15.3. The number of methoxy groups -OCH3 is 1. The van der Waals surface area contributed by atoms with Crippen LogP contribution in [-0.4, -0.2) is 67.7 Å². The van der Waals surface area contributed by atoms with Crippen LogP contribution in [0, 0.1) is 0 Å². The van der Waals surface area contributed by atoms with Gasteiger partial charge in [0.1, 0.15) is 17.7 Å². The molecule has 5 rings (SSSR count). The molecule has 4 aromatic rings. The number of rotatable bonds is 8. The van der Waals surface area contributed by atoms with Gasteiger partial charge in [-0.1, -0.05) is 0 Å². The first kappa shape index (κ1) is 25.0. The van der Waals surface area contributed by atoms with E-state index < -0.39 is 6.17 Å². The fourth-order valence-corrected chi connectivity index (χ4v) is 5.16. The molecule has 0 saturated carbocycles. The van der Waals surface area contributed by atoms with E-state index in [0.29, 0.717) is 5.88 Å². The highest BCUT2D eigenvalue weighted by molar-refractivity contribution is 7.99. The average Bonchev–Trinajstić information content (AvgIpc) is 3.51. The lowest BCUT2D eigenvalue weighted by Gasteiger charge is -2.35. The van der Waals surface area contributed by atoms with E-state index in [1.165, 1.54) is 0 Å². The number of fused-ring (bicyclic) bond motifs is 1. The predicted molar refractivity (Wildman–Crippen MR) is 144 cm³/mol. The summed E-state index contributed by atoms with van der Waals surface area (Å²) in [6.07, 6.45) is 12.1. The first-order valence-electron chi connectivity index (χ1n) is 11.7. The standard InChI is InChI=1S/C26H29FN8OS/c1-32(2)31-26-23(27)8-17(18-10-29-33(3)13-18)15-35(26)16-37-20-6-7-24-21(9-20)25(36-5)22(12-28-24)19-11-30-34(4)14-19/h6-15,26,31H,16H2,1-5H3. The molecule has 0 saturated heterocycles. The lowest BCUT2D eigenvalue weighted by molar-refractivity contribution is 0.153. The van der Waals surface area contributed by atoms with Gasteiger partial charge in [0, 0.05) is 85.5 Å². The normalized spacial score (nSPS) is 15.9. The number of allylic oxidation sites excluding steroid dienone is 2. The van der Waals surface area contributed by atoms with Crippen LogP contribution in [0.1, 0.15) is 5.56 Å². The van der Waals surface area contributed by atoms with Gasteiger partial charge in [-0.15, -0.1) is 11.8 Å². The number of aromatic nitrogens is 5. The van der Waals surface area contributed by atoms with Crippen molar-refractivity contribution in [2.75, 3.05) is 27.1 Å². The number of halogens is 1. The summed E-state index contributed by atoms with van der Waals surface area (Å²) in [4.78, 5) is 7.61. The number of nitrogens with one attached hydrogen (secondary N) is 1. The van der Waals surface area contributed by atoms with Crippen molar-refractivity contribution >= 4 is 28.2 Å². The van der Waals surface area contributed by atoms with Crippen LogP contribution >= 0.6 is 11.8 Å². The molecule has 3 aromatic heterocycles. The molecule has 1 aliphatic rings. The second kappa shape index (κ2) is 10.4. The summed E-state index contributed by atoms with van der Waals surface area (Å²) in [5.74, 6) is 1.000. The lowest BCUT2D eigenvalue weighted by Crippen LogP contribution is -2.50. The minimum absolute atomic E-state index is 0.263. The van der Waals surface area contributed by atoms with Gasteiger partial charge in [0.15, 0.2) is 0 Å². The number of benzene rings is 1. The fourth-order valence-electron chi connectivity index (χ4n) is 4.27. The van der Waals surface area contributed by atoms with Gasteiger partial charge in [0.05, 0.1) is 30.9 Å². The Morgan fingerprint density at radius 3 is 2.46 bits per heavy atom. The Labute approximate surface area is 219 Å². The first-order valence-corrected chi connectivity index (χ1v) is 12.7. The summed E-state index contributed by atoms with van der Waals surface area (Å²) in [6.45, 7) is 0. The largest absolute Gasteiger partial charge is 0.495 e. The van der Waals surface area contributed by atoms with E-state index in [1.54, 1.807) is 51.7 Å². The maximum atomic E-state index is 15.3. The van der Waals surface area contributed by atoms with E-state index in [2.05, 4.69) is 26.7 Å². The maximum Gasteiger partial charge on any atom is 0.146 e. The zero-order chi connectivity index (χ0) is 26.1. The van der Waals surface area contributed by atoms with Crippen molar-refractivity contribution in [3.05, 3.63) is 72.8 Å². The molecule has 9 nitrogen and oxygen atoms in total. The Kier molecular flexibility index (Phi) is 7.00. The summed E-state index contributed by atoms with van der Waals surface area (Å²) in [5.41, 5.74) is 7.46. The molecule has 0 amide bonds. The van der Waals surface area contributed by atoms with Crippen LogP contribution in [0.3, 0.4) is 0 Å². The molecule has 1 unspecified atom stereocenters. The molecule has 1 N–H and O–H groups in total. The number of nitrogens with zero attached hydrogens (tertiary/aromatic N) is 7. The van der Waals surface area contributed by atoms with Gasteiger partial charge >= 0.3 is 0 Å². The van der Waals surface area contributed by atoms with Gasteiger partial charge in [-0.25, -0.2) is 14.8 Å². The topological polar surface area (TPSA) is 76.3 Å². The van der Waals surface area contributed by atoms with E-state index in [0.717, 1.165) is 43.8 Å². The van der Waals surface area contributed by atoms with Gasteiger partial charge in [-0.2, -0.15) is 10.2 Å². The quantitative estimate of drug-likeness (QED) is 0.276. The Hall–Kier alpha value is -3.67. The summed E-state index contributed by atoms with van der Waals surface area (Å²) in [5, 5.41) is 11.2. The van der Waals surface area contributed by atoms with Crippen LogP contribution < -0.4 is 10.2 Å². The molecular formula is C26H29FN8OS. The van der Waals surface area contributed by atoms with E-state index in [4.69, 9.17) is 4.74 Å². The van der Waals surface area contributed by atoms with Gasteiger partial charge in [-0.05, 0) is 24.3 Å². The van der Waals surface area contributed by atoms with Gasteiger partial charge < -0.3 is 9.64 Å². The minimum Gasteiger partial charge on any atom is -0.495 e. The highest BCUT2D eigenvalue weighted by Crippen LogP contribution is 2.37. The zero-order valence-electron chi connectivity index (χ0n) is 21.4. The predicted octanol–water partition coefficient (Wildman–Crippen LogP) is 4.03. The first-order chi connectivity index (χ1) is 17.8. The molecule has 1 aromatic carbocycles. The van der Waals surface area contributed by atoms with E-state index in [-0.39, 0.29) is 5.83 Å². The van der Waals surface area contributed by atoms with Crippen molar-refractivity contribution in [2.45, 2.75) is 11.1 Å². The summed E-state index contributed by atoms with van der Waals surface area (Å²) < 4.78 is 24.6. The molecule has 4 heterocycles. The highest BCUT2D eigenvalue weighted by atomic mass is 32.2. The summed E-state index contributed by atoms with van der Waals surface area (Å²) >= 11 is 1.61. The average molecular weight is 521 g/mol. The number of ether oxygens (including phenoxy) is 1. The van der Waals surface area contributed by atoms with Crippen molar-refractivity contribution in [1.82, 2.24) is 39.9 Å². The number of hydrogen-bond acceptors (Lipinski definition) is 8. The molecule has 0 aliphatic carbocycles. The molecule has 0 radical (unpaired) electrons. The molecular weight excluding hydrogens is 491 g/mol. The molecule has 1 aliphatic heterocycles. The van der Waals surface area contributed by atoms with Gasteiger partial charge in [0.25, 0.3) is 0 Å². The van der Waals surface area contributed by atoms with E-state index in [9.17, 15) is 0 Å². The van der Waals surface area contributed by atoms with Crippen LogP contribution in [-0.2, 0) is 14.1 Å². The SMILES string of the molecule is COc1c(-c2cnn(C)c2)cnc2ccc(SCN3C=C(c4cnn(C)c4)C=C(F)C3NN(C)C)cc12. The van der Waals surface area contributed by atoms with Crippen LogP contribution in [0.15, 0.2) is 72.2 Å². The van der Waals surface area contributed by atoms with Gasteiger partial charge in [-0.3, -0.25) is 14.3 Å². The Morgan fingerprint density at radius 2 is 1.81 bits per heavy atom. The number of pyridine rings is 1. The number of aryl methyl sites for hydroxylation is 2. The number of hydrogen-bond donors (Lipinski definition) is 1. The van der Waals surface area contributed by atoms with Crippen molar-refractivity contribution in [3.8, 4) is 16.9 Å². The third-order valence-electron chi connectivity index (χ3n) is 6.00. The second-order valence-corrected chi connectivity index (χ2v) is 10.0. The molecule has 192 valence electrons. The van der Waals surface area contributed by atoms with E-state index in [1.807, 2.05) is 70.0 Å². The smallest absolute Gasteiger partial charge is 0.146 e. The molecule has 0 fully saturated rings. The Bertz CT molecular complexity index is 1490. The van der Waals surface area contributed by atoms with Crippen LogP contribution in [0.5, 0.6) is 5.75 Å². The van der Waals surface area contributed by atoms with Crippen LogP contribution in [0.2, 0.25) is 0 Å². The number of hydrazine groups is 1. The molecule has 37 heavy (non-hydrogen) atoms. The molecule has 0 spiro atoms. The lowest BCUT2D eigenvalue weighted by atomic mass is 10.1. The van der Waals surface area contributed by atoms with Crippen molar-refractivity contribution < 1.29 is 9.13 Å². The van der Waals surface area contributed by atoms with E-state index >= 15 is 4.39 Å². The summed E-state index contributed by atoms with van der Waals surface area (Å²) in [7, 11) is 9.09. The Balaban J connectivity index is 1.44. The second-order valence-electron chi connectivity index (χ2n) is 9.02. The fraction of sp³-hybridized carbons (Fsp3) is 0.269. The van der Waals surface area contributed by atoms with Crippen molar-refractivity contribution in [1.29, 1.82) is 0 Å². The summed E-state index contributed by atoms with van der Waals surface area (Å²) in [6, 6.07) is 6.08. The molecule has 11 heteroatoms. The third kappa shape index (κ3) is 5.24. The van der Waals surface area contributed by atoms with Crippen LogP contribution in [0.4, 0.5) is 4.39 Å². The van der Waals surface area contributed by atoms with Crippen LogP contribution in [0.25, 0.3) is 27.6 Å². The minimum atomic E-state index is -0.614. The highest BCUT2D eigenvalue weighted by Gasteiger charge is 2.26.